The molecule has 2 aromatic heterocycles. The molecule has 1 aliphatic heterocycles. The molecule has 0 saturated carbocycles. The maximum atomic E-state index is 14.4. The van der Waals surface area contributed by atoms with Crippen molar-refractivity contribution in [3.8, 4) is 5.75 Å². The van der Waals surface area contributed by atoms with Crippen molar-refractivity contribution < 1.29 is 19.1 Å². The Hall–Kier alpha value is -4.74. The summed E-state index contributed by atoms with van der Waals surface area (Å²) in [7, 11) is 1.56. The minimum absolute atomic E-state index is 0.0937. The number of aromatic nitrogens is 2. The lowest BCUT2D eigenvalue weighted by Gasteiger charge is -2.27. The van der Waals surface area contributed by atoms with E-state index < -0.39 is 12.0 Å². The van der Waals surface area contributed by atoms with Gasteiger partial charge < -0.3 is 19.4 Å². The predicted octanol–water partition coefficient (Wildman–Crippen LogP) is 5.94. The van der Waals surface area contributed by atoms with E-state index in [1.54, 1.807) is 24.7 Å². The first kappa shape index (κ1) is 32.2. The van der Waals surface area contributed by atoms with Gasteiger partial charge in [0.05, 0.1) is 29.5 Å². The van der Waals surface area contributed by atoms with E-state index in [0.29, 0.717) is 38.3 Å². The van der Waals surface area contributed by atoms with Gasteiger partial charge >= 0.3 is 5.97 Å². The number of para-hydroxylation sites is 2. The number of nitrogens with one attached hydrogen (secondary N) is 1. The van der Waals surface area contributed by atoms with Gasteiger partial charge in [0, 0.05) is 38.4 Å². The number of methoxy groups -OCH3 is 1. The SMILES string of the molecule is CCCC1=C(C(=O)OCC)[C@@H](c2cc(Br)ccc2OC)n2c(s/c(=C/c3cn(CC(=O)Nc4ccccc4)c4ccccc34)c2=O)=N1. The van der Waals surface area contributed by atoms with Crippen molar-refractivity contribution >= 4 is 61.8 Å². The lowest BCUT2D eigenvalue weighted by Crippen LogP contribution is -2.40. The predicted molar refractivity (Wildman–Crippen MR) is 187 cm³/mol. The van der Waals surface area contributed by atoms with Crippen LogP contribution in [0, 0.1) is 0 Å². The van der Waals surface area contributed by atoms with Crippen LogP contribution in [0.1, 0.15) is 43.9 Å². The third-order valence-corrected chi connectivity index (χ3v) is 9.33. The van der Waals surface area contributed by atoms with Crippen LogP contribution in [-0.4, -0.2) is 34.7 Å². The molecule has 9 nitrogen and oxygen atoms in total. The average molecular weight is 714 g/mol. The number of halogens is 1. The number of thiazole rings is 1. The number of amides is 1. The quantitative estimate of drug-likeness (QED) is 0.181. The Kier molecular flexibility index (Phi) is 9.55. The van der Waals surface area contributed by atoms with Gasteiger partial charge in [-0.2, -0.15) is 0 Å². The molecule has 1 atom stereocenters. The number of fused-ring (bicyclic) bond motifs is 2. The topological polar surface area (TPSA) is 104 Å². The molecule has 0 saturated heterocycles. The van der Waals surface area contributed by atoms with E-state index in [2.05, 4.69) is 21.2 Å². The number of benzene rings is 3. The third-order valence-electron chi connectivity index (χ3n) is 7.86. The van der Waals surface area contributed by atoms with Crippen LogP contribution in [0.5, 0.6) is 5.75 Å². The van der Waals surface area contributed by atoms with Crippen LogP contribution in [0.4, 0.5) is 5.69 Å². The second-order valence-electron chi connectivity index (χ2n) is 10.9. The number of hydrogen-bond acceptors (Lipinski definition) is 7. The lowest BCUT2D eigenvalue weighted by atomic mass is 9.93. The number of carbonyl (C=O) groups is 2. The van der Waals surface area contributed by atoms with Gasteiger partial charge in [-0.25, -0.2) is 9.79 Å². The molecule has 0 spiro atoms. The molecule has 3 aromatic carbocycles. The molecule has 5 aromatic rings. The Labute approximate surface area is 283 Å². The summed E-state index contributed by atoms with van der Waals surface area (Å²) in [6.07, 6.45) is 5.00. The smallest absolute Gasteiger partial charge is 0.338 e. The van der Waals surface area contributed by atoms with Gasteiger partial charge in [-0.1, -0.05) is 77.0 Å². The molecule has 0 fully saturated rings. The maximum Gasteiger partial charge on any atom is 0.338 e. The molecule has 0 aliphatic carbocycles. The molecule has 1 aliphatic rings. The number of ether oxygens (including phenoxy) is 2. The Bertz CT molecular complexity index is 2200. The van der Waals surface area contributed by atoms with Crippen LogP contribution in [0.2, 0.25) is 0 Å². The van der Waals surface area contributed by atoms with Crippen molar-refractivity contribution in [3.63, 3.8) is 0 Å². The third kappa shape index (κ3) is 6.45. The largest absolute Gasteiger partial charge is 0.496 e. The van der Waals surface area contributed by atoms with Crippen LogP contribution in [-0.2, 0) is 20.9 Å². The lowest BCUT2D eigenvalue weighted by molar-refractivity contribution is -0.139. The van der Waals surface area contributed by atoms with Gasteiger partial charge in [0.25, 0.3) is 5.56 Å². The molecule has 6 rings (SSSR count). The summed E-state index contributed by atoms with van der Waals surface area (Å²) in [5, 5.41) is 3.83. The van der Waals surface area contributed by atoms with Crippen molar-refractivity contribution in [2.24, 2.45) is 4.99 Å². The zero-order valence-electron chi connectivity index (χ0n) is 26.2. The minimum atomic E-state index is -0.815. The van der Waals surface area contributed by atoms with Gasteiger partial charge in [0.1, 0.15) is 18.3 Å². The van der Waals surface area contributed by atoms with Gasteiger partial charge in [0.2, 0.25) is 5.91 Å². The van der Waals surface area contributed by atoms with Crippen LogP contribution >= 0.6 is 27.3 Å². The van der Waals surface area contributed by atoms with Gasteiger partial charge in [-0.3, -0.25) is 14.2 Å². The molecule has 11 heteroatoms. The zero-order chi connectivity index (χ0) is 33.1. The summed E-state index contributed by atoms with van der Waals surface area (Å²) < 4.78 is 15.9. The molecule has 0 unspecified atom stereocenters. The Balaban J connectivity index is 1.51. The summed E-state index contributed by atoms with van der Waals surface area (Å²) in [6.45, 7) is 4.05. The summed E-state index contributed by atoms with van der Waals surface area (Å²) in [5.41, 5.74) is 3.63. The number of carbonyl (C=O) groups excluding carboxylic acids is 2. The van der Waals surface area contributed by atoms with Crippen LogP contribution in [0.15, 0.2) is 105 Å². The monoisotopic (exact) mass is 712 g/mol. The van der Waals surface area contributed by atoms with Crippen molar-refractivity contribution in [1.82, 2.24) is 9.13 Å². The molecule has 0 bridgehead atoms. The average Bonchev–Trinajstić information content (AvgIpc) is 3.57. The number of esters is 1. The van der Waals surface area contributed by atoms with Crippen molar-refractivity contribution in [2.45, 2.75) is 39.3 Å². The minimum Gasteiger partial charge on any atom is -0.496 e. The zero-order valence-corrected chi connectivity index (χ0v) is 28.6. The standard InChI is InChI=1S/C36H33BrN4O5S/c1-4-11-27-32(35(44)46-5-2)33(26-19-23(37)16-17-29(26)45-3)41-34(43)30(47-36(41)39-27)18-22-20-40(28-15-10-9-14-25(22)28)21-31(42)38-24-12-7-6-8-13-24/h6-10,12-20,33H,4-5,11,21H2,1-3H3,(H,38,42)/b30-18+/t33-/m1/s1. The van der Waals surface area contributed by atoms with E-state index in [1.807, 2.05) is 90.5 Å². The normalized spacial score (nSPS) is 14.6. The van der Waals surface area contributed by atoms with Crippen molar-refractivity contribution in [3.05, 3.63) is 126 Å². The summed E-state index contributed by atoms with van der Waals surface area (Å²) >= 11 is 4.83. The van der Waals surface area contributed by atoms with Gasteiger partial charge in [0.15, 0.2) is 4.80 Å². The molecular formula is C36H33BrN4O5S. The van der Waals surface area contributed by atoms with Crippen LogP contribution in [0.25, 0.3) is 17.0 Å². The van der Waals surface area contributed by atoms with Crippen LogP contribution in [0.3, 0.4) is 0 Å². The number of allylic oxidation sites excluding steroid dienone is 1. The van der Waals surface area contributed by atoms with E-state index in [9.17, 15) is 14.4 Å². The second kappa shape index (κ2) is 13.9. The van der Waals surface area contributed by atoms with Gasteiger partial charge in [-0.05, 0) is 55.8 Å². The van der Waals surface area contributed by atoms with Crippen molar-refractivity contribution in [1.29, 1.82) is 0 Å². The Morgan fingerprint density at radius 2 is 1.83 bits per heavy atom. The highest BCUT2D eigenvalue weighted by molar-refractivity contribution is 9.10. The number of hydrogen-bond donors (Lipinski definition) is 1. The number of rotatable bonds is 10. The number of nitrogens with zero attached hydrogens (tertiary/aromatic N) is 3. The molecular weight excluding hydrogens is 680 g/mol. The first-order chi connectivity index (χ1) is 22.8. The fourth-order valence-electron chi connectivity index (χ4n) is 5.87. The first-order valence-electron chi connectivity index (χ1n) is 15.3. The summed E-state index contributed by atoms with van der Waals surface area (Å²) in [5.74, 6) is -0.150. The van der Waals surface area contributed by atoms with E-state index in [0.717, 1.165) is 33.0 Å². The highest BCUT2D eigenvalue weighted by Gasteiger charge is 2.36. The molecule has 1 N–H and O–H groups in total. The number of anilines is 1. The molecule has 1 amide bonds. The maximum absolute atomic E-state index is 14.4. The molecule has 240 valence electrons. The molecule has 47 heavy (non-hydrogen) atoms. The fraction of sp³-hybridized carbons (Fsp3) is 0.222. The van der Waals surface area contributed by atoms with E-state index in [1.165, 1.54) is 11.3 Å². The van der Waals surface area contributed by atoms with Crippen molar-refractivity contribution in [2.75, 3.05) is 19.0 Å². The first-order valence-corrected chi connectivity index (χ1v) is 16.9. The molecule has 3 heterocycles. The summed E-state index contributed by atoms with van der Waals surface area (Å²) in [6, 6.07) is 21.8. The van der Waals surface area contributed by atoms with Gasteiger partial charge in [-0.15, -0.1) is 0 Å². The Morgan fingerprint density at radius 1 is 1.06 bits per heavy atom. The Morgan fingerprint density at radius 3 is 2.57 bits per heavy atom. The summed E-state index contributed by atoms with van der Waals surface area (Å²) in [4.78, 5) is 46.3. The highest BCUT2D eigenvalue weighted by atomic mass is 79.9. The van der Waals surface area contributed by atoms with E-state index >= 15 is 0 Å². The second-order valence-corrected chi connectivity index (χ2v) is 12.9. The van der Waals surface area contributed by atoms with E-state index in [4.69, 9.17) is 14.5 Å². The fourth-order valence-corrected chi connectivity index (χ4v) is 7.26. The highest BCUT2D eigenvalue weighted by Crippen LogP contribution is 2.38. The molecule has 0 radical (unpaired) electrons. The van der Waals surface area contributed by atoms with E-state index in [-0.39, 0.29) is 24.6 Å². The van der Waals surface area contributed by atoms with Crippen LogP contribution < -0.4 is 24.9 Å².